The Morgan fingerprint density at radius 2 is 1.94 bits per heavy atom. The van der Waals surface area contributed by atoms with Gasteiger partial charge in [0.2, 0.25) is 0 Å². The second-order valence-corrected chi connectivity index (χ2v) is 6.52. The van der Waals surface area contributed by atoms with Crippen LogP contribution in [0.1, 0.15) is 39.3 Å². The van der Waals surface area contributed by atoms with Gasteiger partial charge in [0, 0.05) is 13.1 Å². The highest BCUT2D eigenvalue weighted by Crippen LogP contribution is 2.35. The summed E-state index contributed by atoms with van der Waals surface area (Å²) in [6, 6.07) is 6.13. The Hall–Kier alpha value is -0.760. The molecule has 18 heavy (non-hydrogen) atoms. The van der Waals surface area contributed by atoms with Crippen molar-refractivity contribution in [2.45, 2.75) is 39.5 Å². The molecule has 0 aromatic carbocycles. The van der Waals surface area contributed by atoms with Crippen LogP contribution in [0.3, 0.4) is 0 Å². The van der Waals surface area contributed by atoms with Crippen molar-refractivity contribution < 1.29 is 0 Å². The van der Waals surface area contributed by atoms with Gasteiger partial charge in [0.1, 0.15) is 5.82 Å². The van der Waals surface area contributed by atoms with Crippen LogP contribution in [0, 0.1) is 11.3 Å². The average molecular weight is 267 g/mol. The normalized spacial score (nSPS) is 18.1. The zero-order valence-corrected chi connectivity index (χ0v) is 12.4. The van der Waals surface area contributed by atoms with E-state index in [2.05, 4.69) is 42.8 Å². The lowest BCUT2D eigenvalue weighted by atomic mass is 9.75. The van der Waals surface area contributed by atoms with Gasteiger partial charge in [0.15, 0.2) is 0 Å². The molecule has 0 aliphatic carbocycles. The van der Waals surface area contributed by atoms with Crippen LogP contribution in [0.4, 0.5) is 5.82 Å². The molecule has 0 N–H and O–H groups in total. The summed E-state index contributed by atoms with van der Waals surface area (Å²) in [5.41, 5.74) is 1.39. The number of nitrogens with zero attached hydrogens (tertiary/aromatic N) is 2. The van der Waals surface area contributed by atoms with Crippen LogP contribution in [0.5, 0.6) is 0 Å². The first-order valence-corrected chi connectivity index (χ1v) is 7.31. The van der Waals surface area contributed by atoms with Crippen molar-refractivity contribution in [3.8, 4) is 0 Å². The largest absolute Gasteiger partial charge is 0.357 e. The lowest BCUT2D eigenvalue weighted by Gasteiger charge is -2.39. The second-order valence-electron chi connectivity index (χ2n) is 6.25. The molecule has 1 aromatic rings. The minimum absolute atomic E-state index is 0.428. The highest BCUT2D eigenvalue weighted by molar-refractivity contribution is 6.16. The Labute approximate surface area is 115 Å². The van der Waals surface area contributed by atoms with Crippen molar-refractivity contribution in [2.24, 2.45) is 11.3 Å². The number of hydrogen-bond acceptors (Lipinski definition) is 2. The Morgan fingerprint density at radius 3 is 2.50 bits per heavy atom. The van der Waals surface area contributed by atoms with E-state index in [1.54, 1.807) is 0 Å². The number of piperidine rings is 1. The van der Waals surface area contributed by atoms with Crippen molar-refractivity contribution in [3.63, 3.8) is 0 Å². The third-order valence-corrected chi connectivity index (χ3v) is 4.25. The Balaban J connectivity index is 2.01. The van der Waals surface area contributed by atoms with Crippen molar-refractivity contribution in [1.82, 2.24) is 4.98 Å². The summed E-state index contributed by atoms with van der Waals surface area (Å²) in [7, 11) is 0. The van der Waals surface area contributed by atoms with Crippen LogP contribution in [0.25, 0.3) is 0 Å². The fraction of sp³-hybridized carbons (Fsp3) is 0.667. The predicted octanol–water partition coefficient (Wildman–Crippen LogP) is 4.08. The zero-order chi connectivity index (χ0) is 13.2. The SMILES string of the molecule is CC(C)(C)C1CCN(c2cccc(CCl)n2)CC1. The maximum absolute atomic E-state index is 5.84. The molecule has 0 unspecified atom stereocenters. The monoisotopic (exact) mass is 266 g/mol. The van der Waals surface area contributed by atoms with Crippen molar-refractivity contribution in [3.05, 3.63) is 23.9 Å². The number of hydrogen-bond donors (Lipinski definition) is 0. The van der Waals surface area contributed by atoms with Crippen LogP contribution in [0.15, 0.2) is 18.2 Å². The van der Waals surface area contributed by atoms with Gasteiger partial charge in [-0.2, -0.15) is 0 Å². The topological polar surface area (TPSA) is 16.1 Å². The number of halogens is 1. The van der Waals surface area contributed by atoms with E-state index in [4.69, 9.17) is 11.6 Å². The first kappa shape index (κ1) is 13.7. The molecule has 0 bridgehead atoms. The predicted molar refractivity (Wildman–Crippen MR) is 78.2 cm³/mol. The molecule has 0 atom stereocenters. The number of pyridine rings is 1. The summed E-state index contributed by atoms with van der Waals surface area (Å²) in [4.78, 5) is 6.98. The van der Waals surface area contributed by atoms with E-state index < -0.39 is 0 Å². The lowest BCUT2D eigenvalue weighted by Crippen LogP contribution is -2.38. The minimum Gasteiger partial charge on any atom is -0.357 e. The zero-order valence-electron chi connectivity index (χ0n) is 11.6. The molecule has 1 aliphatic heterocycles. The summed E-state index contributed by atoms with van der Waals surface area (Å²) in [6.07, 6.45) is 2.52. The molecular weight excluding hydrogens is 244 g/mol. The molecule has 1 fully saturated rings. The quantitative estimate of drug-likeness (QED) is 0.750. The van der Waals surface area contributed by atoms with Gasteiger partial charge >= 0.3 is 0 Å². The van der Waals surface area contributed by atoms with Crippen LogP contribution in [0.2, 0.25) is 0 Å². The Kier molecular flexibility index (Phi) is 4.16. The average Bonchev–Trinajstić information content (AvgIpc) is 2.38. The van der Waals surface area contributed by atoms with Gasteiger partial charge in [-0.1, -0.05) is 26.8 Å². The third-order valence-electron chi connectivity index (χ3n) is 3.97. The van der Waals surface area contributed by atoms with Gasteiger partial charge in [0.05, 0.1) is 11.6 Å². The smallest absolute Gasteiger partial charge is 0.128 e. The van der Waals surface area contributed by atoms with Crippen LogP contribution >= 0.6 is 11.6 Å². The van der Waals surface area contributed by atoms with Crippen molar-refractivity contribution >= 4 is 17.4 Å². The van der Waals surface area contributed by atoms with E-state index in [0.29, 0.717) is 11.3 Å². The van der Waals surface area contributed by atoms with Gasteiger partial charge in [0.25, 0.3) is 0 Å². The van der Waals surface area contributed by atoms with Gasteiger partial charge in [-0.25, -0.2) is 4.98 Å². The molecule has 3 heteroatoms. The van der Waals surface area contributed by atoms with E-state index >= 15 is 0 Å². The molecule has 1 saturated heterocycles. The molecule has 2 nitrogen and oxygen atoms in total. The van der Waals surface area contributed by atoms with E-state index in [1.165, 1.54) is 12.8 Å². The van der Waals surface area contributed by atoms with E-state index in [1.807, 2.05) is 6.07 Å². The molecule has 0 saturated carbocycles. The summed E-state index contributed by atoms with van der Waals surface area (Å²) in [6.45, 7) is 9.26. The summed E-state index contributed by atoms with van der Waals surface area (Å²) >= 11 is 5.84. The highest BCUT2D eigenvalue weighted by Gasteiger charge is 2.29. The van der Waals surface area contributed by atoms with Gasteiger partial charge < -0.3 is 4.90 Å². The summed E-state index contributed by atoms with van der Waals surface area (Å²) in [5.74, 6) is 2.40. The highest BCUT2D eigenvalue weighted by atomic mass is 35.5. The first-order valence-electron chi connectivity index (χ1n) is 6.77. The van der Waals surface area contributed by atoms with Crippen molar-refractivity contribution in [2.75, 3.05) is 18.0 Å². The molecule has 1 aromatic heterocycles. The minimum atomic E-state index is 0.428. The lowest BCUT2D eigenvalue weighted by molar-refractivity contribution is 0.198. The Morgan fingerprint density at radius 1 is 1.28 bits per heavy atom. The molecule has 1 aliphatic rings. The Bertz CT molecular complexity index is 390. The second kappa shape index (κ2) is 5.48. The van der Waals surface area contributed by atoms with E-state index in [0.717, 1.165) is 30.5 Å². The number of aromatic nitrogens is 1. The number of rotatable bonds is 2. The third kappa shape index (κ3) is 3.17. The van der Waals surface area contributed by atoms with Gasteiger partial charge in [-0.3, -0.25) is 0 Å². The maximum atomic E-state index is 5.84. The van der Waals surface area contributed by atoms with Crippen LogP contribution in [-0.4, -0.2) is 18.1 Å². The van der Waals surface area contributed by atoms with Gasteiger partial charge in [-0.05, 0) is 36.3 Å². The van der Waals surface area contributed by atoms with Crippen LogP contribution in [-0.2, 0) is 5.88 Å². The maximum Gasteiger partial charge on any atom is 0.128 e. The van der Waals surface area contributed by atoms with Gasteiger partial charge in [-0.15, -0.1) is 11.6 Å². The molecule has 2 rings (SSSR count). The van der Waals surface area contributed by atoms with E-state index in [9.17, 15) is 0 Å². The van der Waals surface area contributed by atoms with E-state index in [-0.39, 0.29) is 0 Å². The first-order chi connectivity index (χ1) is 8.50. The molecule has 0 radical (unpaired) electrons. The molecular formula is C15H23ClN2. The summed E-state index contributed by atoms with van der Waals surface area (Å²) < 4.78 is 0. The molecule has 0 amide bonds. The summed E-state index contributed by atoms with van der Waals surface area (Å²) in [5, 5.41) is 0. The van der Waals surface area contributed by atoms with Crippen molar-refractivity contribution in [1.29, 1.82) is 0 Å². The standard InChI is InChI=1S/C15H23ClN2/c1-15(2,3)12-7-9-18(10-8-12)14-6-4-5-13(11-16)17-14/h4-6,12H,7-11H2,1-3H3. The fourth-order valence-corrected chi connectivity index (χ4v) is 2.84. The molecule has 2 heterocycles. The van der Waals surface area contributed by atoms with Crippen LogP contribution < -0.4 is 4.90 Å². The number of alkyl halides is 1. The molecule has 0 spiro atoms. The fourth-order valence-electron chi connectivity index (χ4n) is 2.69. The molecule has 100 valence electrons. The number of anilines is 1.